The Balaban J connectivity index is 1.55. The number of likely N-dealkylation sites (tertiary alicyclic amines) is 1. The Kier molecular flexibility index (Phi) is 4.54. The van der Waals surface area contributed by atoms with Gasteiger partial charge in [-0.3, -0.25) is 8.88 Å². The highest BCUT2D eigenvalue weighted by Gasteiger charge is 2.34. The van der Waals surface area contributed by atoms with Gasteiger partial charge in [-0.2, -0.15) is 4.98 Å². The lowest BCUT2D eigenvalue weighted by molar-refractivity contribution is 0.0609. The number of hydrogen-bond donors (Lipinski definition) is 0. The summed E-state index contributed by atoms with van der Waals surface area (Å²) in [5, 5.41) is 4.13. The zero-order valence-electron chi connectivity index (χ0n) is 14.4. The van der Waals surface area contributed by atoms with Crippen LogP contribution in [0.1, 0.15) is 46.9 Å². The van der Waals surface area contributed by atoms with Crippen LogP contribution in [0.2, 0.25) is 0 Å². The minimum absolute atomic E-state index is 0.0283. The molecule has 1 aliphatic heterocycles. The first-order chi connectivity index (χ1) is 12.5. The third-order valence-electron chi connectivity index (χ3n) is 4.81. The van der Waals surface area contributed by atoms with Crippen molar-refractivity contribution in [2.45, 2.75) is 38.6 Å². The quantitative estimate of drug-likeness (QED) is 0.680. The van der Waals surface area contributed by atoms with E-state index in [1.165, 1.54) is 15.4 Å². The lowest BCUT2D eigenvalue weighted by atomic mass is 9.92. The van der Waals surface area contributed by atoms with E-state index in [-0.39, 0.29) is 17.9 Å². The molecule has 0 aromatic carbocycles. The molecule has 26 heavy (non-hydrogen) atoms. The molecule has 3 aromatic rings. The number of halogens is 1. The van der Waals surface area contributed by atoms with E-state index in [2.05, 4.69) is 22.0 Å². The number of rotatable bonds is 3. The summed E-state index contributed by atoms with van der Waals surface area (Å²) in [5.74, 6) is 1.07. The smallest absolute Gasteiger partial charge is 0.275 e. The van der Waals surface area contributed by atoms with Crippen molar-refractivity contribution in [1.29, 1.82) is 0 Å². The summed E-state index contributed by atoms with van der Waals surface area (Å²) >= 11 is 7.44. The summed E-state index contributed by atoms with van der Waals surface area (Å²) in [6.07, 6.45) is 3.51. The Morgan fingerprint density at radius 2 is 2.27 bits per heavy atom. The molecule has 0 saturated carbocycles. The van der Waals surface area contributed by atoms with E-state index < -0.39 is 0 Å². The van der Waals surface area contributed by atoms with E-state index in [4.69, 9.17) is 16.3 Å². The van der Waals surface area contributed by atoms with Crippen LogP contribution in [0.5, 0.6) is 0 Å². The van der Waals surface area contributed by atoms with Crippen LogP contribution in [0.15, 0.2) is 28.4 Å². The van der Waals surface area contributed by atoms with Crippen molar-refractivity contribution in [3.05, 3.63) is 40.2 Å². The first-order valence-corrected chi connectivity index (χ1v) is 9.65. The van der Waals surface area contributed by atoms with Crippen molar-refractivity contribution in [2.75, 3.05) is 6.54 Å². The topological polar surface area (TPSA) is 77.0 Å². The number of piperidine rings is 1. The fourth-order valence-corrected chi connectivity index (χ4v) is 4.22. The van der Waals surface area contributed by atoms with Gasteiger partial charge in [0.2, 0.25) is 0 Å². The summed E-state index contributed by atoms with van der Waals surface area (Å²) in [6.45, 7) is 4.51. The number of nitrogens with zero attached hydrogens (tertiary/aromatic N) is 5. The summed E-state index contributed by atoms with van der Waals surface area (Å²) < 4.78 is 6.80. The summed E-state index contributed by atoms with van der Waals surface area (Å²) in [4.78, 5) is 24.2. The number of carbonyl (C=O) groups excluding carboxylic acids is 1. The van der Waals surface area contributed by atoms with Crippen LogP contribution in [-0.4, -0.2) is 42.6 Å². The van der Waals surface area contributed by atoms with Gasteiger partial charge in [0.15, 0.2) is 5.82 Å². The molecule has 0 aliphatic carbocycles. The zero-order chi connectivity index (χ0) is 18.3. The van der Waals surface area contributed by atoms with Crippen molar-refractivity contribution in [3.63, 3.8) is 0 Å². The van der Waals surface area contributed by atoms with Gasteiger partial charge in [0.25, 0.3) is 11.8 Å². The van der Waals surface area contributed by atoms with Crippen LogP contribution < -0.4 is 0 Å². The molecule has 4 heterocycles. The Labute approximate surface area is 159 Å². The van der Waals surface area contributed by atoms with E-state index >= 15 is 0 Å². The lowest BCUT2D eigenvalue weighted by Gasteiger charge is -2.36. The van der Waals surface area contributed by atoms with Gasteiger partial charge in [0.1, 0.15) is 10.6 Å². The first-order valence-electron chi connectivity index (χ1n) is 8.43. The number of aryl methyl sites for hydroxylation is 1. The summed E-state index contributed by atoms with van der Waals surface area (Å²) in [6, 6.07) is 3.80. The predicted molar refractivity (Wildman–Crippen MR) is 98.3 cm³/mol. The monoisotopic (exact) mass is 391 g/mol. The molecular weight excluding hydrogens is 374 g/mol. The van der Waals surface area contributed by atoms with Crippen molar-refractivity contribution < 1.29 is 9.32 Å². The van der Waals surface area contributed by atoms with E-state index in [9.17, 15) is 4.79 Å². The van der Waals surface area contributed by atoms with Gasteiger partial charge in [-0.05, 0) is 38.8 Å². The van der Waals surface area contributed by atoms with Crippen LogP contribution in [0.4, 0.5) is 0 Å². The summed E-state index contributed by atoms with van der Waals surface area (Å²) in [5.41, 5.74) is 3.14. The molecule has 9 heteroatoms. The predicted octanol–water partition coefficient (Wildman–Crippen LogP) is 3.71. The Morgan fingerprint density at radius 3 is 2.96 bits per heavy atom. The Hall–Kier alpha value is -2.19. The molecule has 0 radical (unpaired) electrons. The lowest BCUT2D eigenvalue weighted by Crippen LogP contribution is -2.45. The number of hydrogen-bond acceptors (Lipinski definition) is 6. The molecule has 136 valence electrons. The van der Waals surface area contributed by atoms with Crippen LogP contribution in [0.3, 0.4) is 0 Å². The molecule has 0 unspecified atom stereocenters. The van der Waals surface area contributed by atoms with E-state index in [1.54, 1.807) is 11.7 Å². The van der Waals surface area contributed by atoms with E-state index in [0.29, 0.717) is 28.8 Å². The molecule has 1 amide bonds. The third kappa shape index (κ3) is 3.03. The van der Waals surface area contributed by atoms with Gasteiger partial charge in [0.05, 0.1) is 11.2 Å². The van der Waals surface area contributed by atoms with Crippen LogP contribution in [0, 0.1) is 6.92 Å². The fraction of sp³-hybridized carbons (Fsp3) is 0.412. The van der Waals surface area contributed by atoms with E-state index in [1.807, 2.05) is 24.0 Å². The minimum atomic E-state index is 0.0283. The Morgan fingerprint density at radius 1 is 1.42 bits per heavy atom. The molecular formula is C17H18ClN5O2S. The second kappa shape index (κ2) is 6.85. The molecule has 1 saturated heterocycles. The average Bonchev–Trinajstić information content (AvgIpc) is 3.35. The van der Waals surface area contributed by atoms with Gasteiger partial charge < -0.3 is 9.42 Å². The minimum Gasteiger partial charge on any atom is -0.334 e. The number of amides is 1. The van der Waals surface area contributed by atoms with Crippen LogP contribution in [0.25, 0.3) is 11.6 Å². The number of carbonyl (C=O) groups is 1. The maximum atomic E-state index is 12.9. The van der Waals surface area contributed by atoms with Gasteiger partial charge in [0, 0.05) is 36.5 Å². The highest BCUT2D eigenvalue weighted by Crippen LogP contribution is 2.31. The summed E-state index contributed by atoms with van der Waals surface area (Å²) in [7, 11) is 0. The molecule has 2 atom stereocenters. The van der Waals surface area contributed by atoms with Gasteiger partial charge in [-0.15, -0.1) is 11.3 Å². The molecule has 1 fully saturated rings. The second-order valence-electron chi connectivity index (χ2n) is 6.51. The number of aromatic nitrogens is 4. The van der Waals surface area contributed by atoms with Gasteiger partial charge in [-0.1, -0.05) is 5.16 Å². The maximum absolute atomic E-state index is 12.9. The molecule has 0 spiro atoms. The molecule has 3 aromatic heterocycles. The molecule has 4 rings (SSSR count). The molecule has 0 N–H and O–H groups in total. The molecule has 0 bridgehead atoms. The van der Waals surface area contributed by atoms with Crippen molar-refractivity contribution >= 4 is 29.0 Å². The standard InChI is InChI=1S/C17H18ClN5O2S/c1-10-5-6-12(8-22(10)17(24)14-11(2)19-9-26-14)15-20-16(25-21-15)13-4-3-7-23(13)18/h3-4,7,9-10,12H,5-6,8H2,1-2H3/t10-,12+/m1/s1. The van der Waals surface area contributed by atoms with Crippen LogP contribution >= 0.6 is 23.1 Å². The molecule has 1 aliphatic rings. The van der Waals surface area contributed by atoms with Crippen molar-refractivity contribution in [1.82, 2.24) is 24.1 Å². The van der Waals surface area contributed by atoms with Gasteiger partial charge >= 0.3 is 0 Å². The first kappa shape index (κ1) is 17.2. The fourth-order valence-electron chi connectivity index (χ4n) is 3.27. The largest absolute Gasteiger partial charge is 0.334 e. The van der Waals surface area contributed by atoms with Crippen LogP contribution in [-0.2, 0) is 0 Å². The normalized spacial score (nSPS) is 20.5. The van der Waals surface area contributed by atoms with Crippen molar-refractivity contribution in [3.8, 4) is 11.6 Å². The van der Waals surface area contributed by atoms with Gasteiger partial charge in [-0.25, -0.2) is 4.98 Å². The maximum Gasteiger partial charge on any atom is 0.275 e. The number of thiazole rings is 1. The second-order valence-corrected chi connectivity index (χ2v) is 7.73. The highest BCUT2D eigenvalue weighted by atomic mass is 35.5. The van der Waals surface area contributed by atoms with E-state index in [0.717, 1.165) is 18.5 Å². The third-order valence-corrected chi connectivity index (χ3v) is 6.02. The average molecular weight is 392 g/mol. The Bertz CT molecular complexity index is 933. The highest BCUT2D eigenvalue weighted by molar-refractivity contribution is 7.11. The SMILES string of the molecule is Cc1ncsc1C(=O)N1C[C@@H](c2noc(-c3cccn3Cl)n2)CC[C@H]1C. The molecule has 7 nitrogen and oxygen atoms in total. The zero-order valence-corrected chi connectivity index (χ0v) is 16.0. The van der Waals surface area contributed by atoms with Crippen molar-refractivity contribution in [2.24, 2.45) is 0 Å².